The molecule has 1 atom stereocenters. The number of azo groups is 1. The second kappa shape index (κ2) is 6.41. The van der Waals surface area contributed by atoms with Crippen LogP contribution in [-0.4, -0.2) is 33.7 Å². The van der Waals surface area contributed by atoms with E-state index in [1.807, 2.05) is 40.3 Å². The molecule has 3 aromatic rings. The first-order valence-corrected chi connectivity index (χ1v) is 7.84. The third kappa shape index (κ3) is 3.15. The summed E-state index contributed by atoms with van der Waals surface area (Å²) in [7, 11) is 0. The van der Waals surface area contributed by atoms with Gasteiger partial charge in [0.15, 0.2) is 11.5 Å². The number of nitrogens with one attached hydrogen (secondary N) is 2. The van der Waals surface area contributed by atoms with Crippen molar-refractivity contribution in [3.8, 4) is 17.4 Å². The molecular weight excluding hydrogens is 356 g/mol. The monoisotopic (exact) mass is 368 g/mol. The molecule has 0 unspecified atom stereocenters. The van der Waals surface area contributed by atoms with Crippen LogP contribution in [0.25, 0.3) is 10.8 Å². The lowest BCUT2D eigenvalue weighted by atomic mass is 10.1. The molecule has 1 amide bonds. The number of aromatic amines is 2. The van der Waals surface area contributed by atoms with Crippen LogP contribution in [0, 0.1) is 0 Å². The molecule has 2 heterocycles. The number of carbonyl (C=O) groups is 1. The van der Waals surface area contributed by atoms with Crippen LogP contribution >= 0.6 is 0 Å². The van der Waals surface area contributed by atoms with Crippen LogP contribution in [0.2, 0.25) is 0 Å². The quantitative estimate of drug-likeness (QED) is 0.582. The molecule has 27 heavy (non-hydrogen) atoms. The van der Waals surface area contributed by atoms with E-state index in [0.29, 0.717) is 11.5 Å². The second-order valence-corrected chi connectivity index (χ2v) is 5.71. The smallest absolute Gasteiger partial charge is 0.328 e. The van der Waals surface area contributed by atoms with Crippen molar-refractivity contribution in [2.24, 2.45) is 10.2 Å². The molecule has 0 radical (unpaired) electrons. The molecule has 0 bridgehead atoms. The number of hydrogen-bond acceptors (Lipinski definition) is 7. The Morgan fingerprint density at radius 2 is 1.81 bits per heavy atom. The highest BCUT2D eigenvalue weighted by atomic mass is 16.6. The van der Waals surface area contributed by atoms with E-state index in [1.165, 1.54) is 0 Å². The zero-order valence-electron chi connectivity index (χ0n) is 13.6. The number of rotatable bonds is 2. The lowest BCUT2D eigenvalue weighted by Crippen LogP contribution is -2.35. The molecule has 10 nitrogen and oxygen atoms in total. The third-order valence-electron chi connectivity index (χ3n) is 3.89. The number of H-pyrrole nitrogens is 2. The number of aromatic hydroxyl groups is 1. The van der Waals surface area contributed by atoms with Gasteiger partial charge in [0, 0.05) is 0 Å². The van der Waals surface area contributed by atoms with Crippen molar-refractivity contribution in [2.75, 3.05) is 6.61 Å². The Labute approximate surface area is 150 Å². The molecule has 3 N–H and O–H groups in total. The first kappa shape index (κ1) is 16.5. The summed E-state index contributed by atoms with van der Waals surface area (Å²) >= 11 is 0. The zero-order valence-corrected chi connectivity index (χ0v) is 13.6. The fourth-order valence-electron chi connectivity index (χ4n) is 2.60. The topological polar surface area (TPSA) is 146 Å². The number of hydrogen-bond donors (Lipinski definition) is 3. The average Bonchev–Trinajstić information content (AvgIpc) is 2.64. The molecule has 0 saturated carbocycles. The van der Waals surface area contributed by atoms with Crippen molar-refractivity contribution in [1.82, 2.24) is 9.97 Å². The lowest BCUT2D eigenvalue weighted by molar-refractivity contribution is -0.127. The molecule has 4 rings (SSSR count). The third-order valence-corrected chi connectivity index (χ3v) is 3.89. The zero-order chi connectivity index (χ0) is 19.0. The lowest BCUT2D eigenvalue weighted by Gasteiger charge is -2.24. The van der Waals surface area contributed by atoms with Gasteiger partial charge in [-0.05, 0) is 22.9 Å². The molecular formula is C17H12N4O6. The number of fused-ring (bicyclic) bond motifs is 2. The first-order chi connectivity index (χ1) is 13.0. The van der Waals surface area contributed by atoms with Gasteiger partial charge in [-0.25, -0.2) is 4.79 Å². The standard InChI is InChI=1S/C17H12N4O6/c22-14(21-20-13-15(23)18-17(25)19-16(13)24)12-7-26-10-5-8-3-1-2-4-9(8)6-11(10)27-12/h1-6,12H,7H2,(H3,18,19,23,24,25)/t12-/m0/s1. The van der Waals surface area contributed by atoms with Gasteiger partial charge >= 0.3 is 11.6 Å². The van der Waals surface area contributed by atoms with Crippen molar-refractivity contribution in [1.29, 1.82) is 0 Å². The summed E-state index contributed by atoms with van der Waals surface area (Å²) in [5, 5.41) is 18.2. The van der Waals surface area contributed by atoms with Crippen LogP contribution in [-0.2, 0) is 4.79 Å². The van der Waals surface area contributed by atoms with Gasteiger partial charge in [0.1, 0.15) is 6.61 Å². The summed E-state index contributed by atoms with van der Waals surface area (Å²) in [4.78, 5) is 38.6. The molecule has 0 spiro atoms. The highest BCUT2D eigenvalue weighted by Gasteiger charge is 2.28. The Bertz CT molecular complexity index is 1200. The Morgan fingerprint density at radius 3 is 2.52 bits per heavy atom. The maximum atomic E-state index is 12.2. The first-order valence-electron chi connectivity index (χ1n) is 7.84. The highest BCUT2D eigenvalue weighted by Crippen LogP contribution is 2.36. The van der Waals surface area contributed by atoms with Gasteiger partial charge in [-0.15, -0.1) is 10.2 Å². The minimum Gasteiger partial charge on any atom is -0.493 e. The summed E-state index contributed by atoms with van der Waals surface area (Å²) in [6, 6.07) is 11.2. The SMILES string of the molecule is O=C(N=Nc1c(O)[nH]c(=O)[nH]c1=O)[C@@H]1COc2cc3ccccc3cc2O1. The molecule has 1 aromatic heterocycles. The van der Waals surface area contributed by atoms with Crippen LogP contribution in [0.4, 0.5) is 5.69 Å². The predicted molar refractivity (Wildman–Crippen MR) is 92.7 cm³/mol. The number of nitrogens with zero attached hydrogens (tertiary/aromatic N) is 2. The van der Waals surface area contributed by atoms with E-state index < -0.39 is 34.8 Å². The number of aromatic nitrogens is 2. The van der Waals surface area contributed by atoms with Crippen LogP contribution in [0.3, 0.4) is 0 Å². The van der Waals surface area contributed by atoms with E-state index in [2.05, 4.69) is 10.2 Å². The van der Waals surface area contributed by atoms with Crippen molar-refractivity contribution in [2.45, 2.75) is 6.10 Å². The summed E-state index contributed by atoms with van der Waals surface area (Å²) in [6.07, 6.45) is -1.06. The molecule has 0 saturated heterocycles. The summed E-state index contributed by atoms with van der Waals surface area (Å²) in [5.41, 5.74) is -2.48. The Kier molecular flexibility index (Phi) is 3.92. The maximum Gasteiger partial charge on any atom is 0.328 e. The van der Waals surface area contributed by atoms with Crippen LogP contribution in [0.15, 0.2) is 56.2 Å². The molecule has 0 fully saturated rings. The van der Waals surface area contributed by atoms with E-state index in [9.17, 15) is 19.5 Å². The average molecular weight is 368 g/mol. The molecule has 2 aromatic carbocycles. The van der Waals surface area contributed by atoms with Crippen molar-refractivity contribution in [3.63, 3.8) is 0 Å². The molecule has 10 heteroatoms. The van der Waals surface area contributed by atoms with Gasteiger partial charge in [0.05, 0.1) is 0 Å². The van der Waals surface area contributed by atoms with Crippen LogP contribution in [0.1, 0.15) is 0 Å². The molecule has 136 valence electrons. The van der Waals surface area contributed by atoms with Gasteiger partial charge < -0.3 is 14.6 Å². The minimum absolute atomic E-state index is 0.0862. The number of ether oxygens (including phenoxy) is 2. The van der Waals surface area contributed by atoms with E-state index >= 15 is 0 Å². The number of amides is 1. The molecule has 0 aliphatic carbocycles. The van der Waals surface area contributed by atoms with E-state index in [-0.39, 0.29) is 6.61 Å². The van der Waals surface area contributed by atoms with Gasteiger partial charge in [0.2, 0.25) is 17.7 Å². The van der Waals surface area contributed by atoms with Gasteiger partial charge in [-0.2, -0.15) is 0 Å². The fourth-order valence-corrected chi connectivity index (χ4v) is 2.60. The normalized spacial score (nSPS) is 15.9. The van der Waals surface area contributed by atoms with Gasteiger partial charge in [0.25, 0.3) is 5.56 Å². The van der Waals surface area contributed by atoms with Gasteiger partial charge in [-0.1, -0.05) is 24.3 Å². The molecule has 1 aliphatic rings. The maximum absolute atomic E-state index is 12.2. The number of benzene rings is 2. The Morgan fingerprint density at radius 1 is 1.11 bits per heavy atom. The summed E-state index contributed by atoms with van der Waals surface area (Å²) in [5.74, 6) is -0.709. The summed E-state index contributed by atoms with van der Waals surface area (Å²) in [6.45, 7) is -0.0862. The van der Waals surface area contributed by atoms with E-state index in [1.54, 1.807) is 6.07 Å². The Hall–Kier alpha value is -3.95. The van der Waals surface area contributed by atoms with Crippen molar-refractivity contribution < 1.29 is 19.4 Å². The predicted octanol–water partition coefficient (Wildman–Crippen LogP) is 1.37. The molecule has 1 aliphatic heterocycles. The van der Waals surface area contributed by atoms with E-state index in [4.69, 9.17) is 9.47 Å². The van der Waals surface area contributed by atoms with E-state index in [0.717, 1.165) is 10.8 Å². The minimum atomic E-state index is -1.06. The van der Waals surface area contributed by atoms with Crippen LogP contribution < -0.4 is 20.7 Å². The Balaban J connectivity index is 1.57. The summed E-state index contributed by atoms with van der Waals surface area (Å²) < 4.78 is 11.2. The largest absolute Gasteiger partial charge is 0.493 e. The van der Waals surface area contributed by atoms with Crippen LogP contribution in [0.5, 0.6) is 17.4 Å². The number of carbonyl (C=O) groups excluding carboxylic acids is 1. The second-order valence-electron chi connectivity index (χ2n) is 5.71. The van der Waals surface area contributed by atoms with Crippen molar-refractivity contribution in [3.05, 3.63) is 57.2 Å². The fraction of sp³-hybridized carbons (Fsp3) is 0.118. The highest BCUT2D eigenvalue weighted by molar-refractivity contribution is 5.87. The van der Waals surface area contributed by atoms with Crippen molar-refractivity contribution >= 4 is 22.4 Å². The van der Waals surface area contributed by atoms with Gasteiger partial charge in [-0.3, -0.25) is 19.6 Å².